The average Bonchev–Trinajstić information content (AvgIpc) is 2.68. The van der Waals surface area contributed by atoms with Gasteiger partial charge in [0.2, 0.25) is 0 Å². The molecule has 2 aromatic carbocycles. The van der Waals surface area contributed by atoms with Crippen LogP contribution in [-0.2, 0) is 0 Å². The van der Waals surface area contributed by atoms with Gasteiger partial charge in [0.05, 0.1) is 12.0 Å². The number of para-hydroxylation sites is 2. The number of aromatic nitrogens is 1. The molecule has 0 bridgehead atoms. The first kappa shape index (κ1) is 16.3. The zero-order chi connectivity index (χ0) is 17.8. The van der Waals surface area contributed by atoms with Crippen LogP contribution in [0.3, 0.4) is 0 Å². The Morgan fingerprint density at radius 2 is 1.85 bits per heavy atom. The Morgan fingerprint density at radius 1 is 1.04 bits per heavy atom. The van der Waals surface area contributed by atoms with Gasteiger partial charge in [0.15, 0.2) is 5.43 Å². The van der Waals surface area contributed by atoms with Gasteiger partial charge in [0.25, 0.3) is 0 Å². The Balaban J connectivity index is 1.47. The molecule has 0 amide bonds. The van der Waals surface area contributed by atoms with Crippen LogP contribution in [0.25, 0.3) is 23.1 Å². The second-order valence-electron chi connectivity index (χ2n) is 6.27. The molecular formula is C22H20N2O2. The summed E-state index contributed by atoms with van der Waals surface area (Å²) in [5.41, 5.74) is 1.93. The number of aliphatic imine (C=N–C) groups is 1. The SMILES string of the molecule is O=c1c2c([nH]c3ccccc13)=CC(=NCCCOc1ccccc1)CC=2. The number of hydrogen-bond donors (Lipinski definition) is 1. The second kappa shape index (κ2) is 7.40. The van der Waals surface area contributed by atoms with Gasteiger partial charge in [0.1, 0.15) is 5.75 Å². The minimum Gasteiger partial charge on any atom is -0.494 e. The molecule has 1 aromatic heterocycles. The van der Waals surface area contributed by atoms with E-state index in [4.69, 9.17) is 4.74 Å². The predicted octanol–water partition coefficient (Wildman–Crippen LogP) is 2.40. The Kier molecular flexibility index (Phi) is 4.65. The van der Waals surface area contributed by atoms with Crippen molar-refractivity contribution < 1.29 is 4.74 Å². The predicted molar refractivity (Wildman–Crippen MR) is 106 cm³/mol. The standard InChI is InChI=1S/C22H20N2O2/c25-22-18-9-4-5-10-20(18)24-21-15-16(11-12-19(21)22)23-13-6-14-26-17-7-2-1-3-8-17/h1-5,7-10,12,15,24H,6,11,13-14H2. The average molecular weight is 344 g/mol. The summed E-state index contributed by atoms with van der Waals surface area (Å²) in [6.45, 7) is 1.35. The summed E-state index contributed by atoms with van der Waals surface area (Å²) in [6.07, 6.45) is 5.50. The van der Waals surface area contributed by atoms with Gasteiger partial charge in [0, 0.05) is 41.2 Å². The van der Waals surface area contributed by atoms with E-state index >= 15 is 0 Å². The van der Waals surface area contributed by atoms with Gasteiger partial charge < -0.3 is 9.72 Å². The molecule has 0 spiro atoms. The lowest BCUT2D eigenvalue weighted by atomic mass is 10.1. The van der Waals surface area contributed by atoms with Crippen molar-refractivity contribution >= 4 is 28.8 Å². The normalized spacial score (nSPS) is 14.5. The van der Waals surface area contributed by atoms with E-state index in [1.165, 1.54) is 0 Å². The van der Waals surface area contributed by atoms with Crippen molar-refractivity contribution in [2.75, 3.05) is 13.2 Å². The van der Waals surface area contributed by atoms with Gasteiger partial charge in [-0.25, -0.2) is 0 Å². The van der Waals surface area contributed by atoms with E-state index in [0.717, 1.165) is 39.4 Å². The zero-order valence-corrected chi connectivity index (χ0v) is 14.4. The Bertz CT molecular complexity index is 1130. The second-order valence-corrected chi connectivity index (χ2v) is 6.27. The maximum absolute atomic E-state index is 12.6. The van der Waals surface area contributed by atoms with Gasteiger partial charge in [-0.1, -0.05) is 36.4 Å². The maximum atomic E-state index is 12.6. The fourth-order valence-electron chi connectivity index (χ4n) is 3.12. The van der Waals surface area contributed by atoms with Crippen molar-refractivity contribution in [3.05, 3.63) is 75.4 Å². The smallest absolute Gasteiger partial charge is 0.196 e. The molecule has 1 aliphatic rings. The summed E-state index contributed by atoms with van der Waals surface area (Å²) >= 11 is 0. The molecular weight excluding hydrogens is 324 g/mol. The van der Waals surface area contributed by atoms with Crippen LogP contribution in [0.5, 0.6) is 5.75 Å². The van der Waals surface area contributed by atoms with Crippen molar-refractivity contribution in [3.8, 4) is 5.75 Å². The summed E-state index contributed by atoms with van der Waals surface area (Å²) < 4.78 is 5.68. The molecule has 0 saturated carbocycles. The van der Waals surface area contributed by atoms with E-state index in [1.54, 1.807) is 0 Å². The monoisotopic (exact) mass is 344 g/mol. The van der Waals surface area contributed by atoms with Crippen LogP contribution < -0.4 is 20.7 Å². The lowest BCUT2D eigenvalue weighted by Gasteiger charge is -2.07. The van der Waals surface area contributed by atoms with Crippen LogP contribution in [0, 0.1) is 0 Å². The first-order valence-electron chi connectivity index (χ1n) is 8.85. The van der Waals surface area contributed by atoms with E-state index in [0.29, 0.717) is 19.6 Å². The lowest BCUT2D eigenvalue weighted by molar-refractivity contribution is 0.313. The maximum Gasteiger partial charge on any atom is 0.196 e. The van der Waals surface area contributed by atoms with Crippen LogP contribution in [0.1, 0.15) is 12.8 Å². The first-order chi connectivity index (χ1) is 12.8. The molecule has 4 rings (SSSR count). The number of aromatic amines is 1. The summed E-state index contributed by atoms with van der Waals surface area (Å²) in [7, 11) is 0. The van der Waals surface area contributed by atoms with Crippen LogP contribution in [0.2, 0.25) is 0 Å². The van der Waals surface area contributed by atoms with E-state index < -0.39 is 0 Å². The molecule has 1 N–H and O–H groups in total. The Hall–Kier alpha value is -3.14. The quantitative estimate of drug-likeness (QED) is 0.723. The van der Waals surface area contributed by atoms with Gasteiger partial charge in [-0.15, -0.1) is 0 Å². The van der Waals surface area contributed by atoms with Crippen molar-refractivity contribution in [1.82, 2.24) is 4.98 Å². The van der Waals surface area contributed by atoms with Gasteiger partial charge in [-0.2, -0.15) is 0 Å². The highest BCUT2D eigenvalue weighted by atomic mass is 16.5. The fourth-order valence-corrected chi connectivity index (χ4v) is 3.12. The van der Waals surface area contributed by atoms with E-state index in [1.807, 2.05) is 66.7 Å². The first-order valence-corrected chi connectivity index (χ1v) is 8.85. The van der Waals surface area contributed by atoms with Gasteiger partial charge in [-0.05, 0) is 30.3 Å². The molecule has 0 aliphatic heterocycles. The zero-order valence-electron chi connectivity index (χ0n) is 14.4. The molecule has 4 heteroatoms. The van der Waals surface area contributed by atoms with Crippen molar-refractivity contribution in [2.45, 2.75) is 12.8 Å². The largest absolute Gasteiger partial charge is 0.494 e. The highest BCUT2D eigenvalue weighted by Crippen LogP contribution is 2.08. The third-order valence-corrected chi connectivity index (χ3v) is 4.43. The summed E-state index contributed by atoms with van der Waals surface area (Å²) in [5.74, 6) is 0.885. The number of ether oxygens (including phenoxy) is 1. The van der Waals surface area contributed by atoms with Crippen LogP contribution in [-0.4, -0.2) is 23.8 Å². The number of fused-ring (bicyclic) bond motifs is 2. The minimum absolute atomic E-state index is 0.0842. The molecule has 130 valence electrons. The van der Waals surface area contributed by atoms with Crippen LogP contribution in [0.4, 0.5) is 0 Å². The number of benzene rings is 2. The molecule has 0 fully saturated rings. The highest BCUT2D eigenvalue weighted by molar-refractivity contribution is 6.13. The van der Waals surface area contributed by atoms with E-state index in [9.17, 15) is 4.79 Å². The Morgan fingerprint density at radius 3 is 2.73 bits per heavy atom. The number of rotatable bonds is 5. The van der Waals surface area contributed by atoms with E-state index in [2.05, 4.69) is 9.98 Å². The van der Waals surface area contributed by atoms with Gasteiger partial charge in [-0.3, -0.25) is 9.79 Å². The molecule has 0 radical (unpaired) electrons. The number of pyridine rings is 1. The third kappa shape index (κ3) is 3.45. The molecule has 0 unspecified atom stereocenters. The molecule has 1 heterocycles. The molecule has 3 aromatic rings. The molecule has 26 heavy (non-hydrogen) atoms. The number of H-pyrrole nitrogens is 1. The number of nitrogens with one attached hydrogen (secondary N) is 1. The molecule has 1 aliphatic carbocycles. The van der Waals surface area contributed by atoms with Crippen molar-refractivity contribution in [1.29, 1.82) is 0 Å². The highest BCUT2D eigenvalue weighted by Gasteiger charge is 2.06. The van der Waals surface area contributed by atoms with Crippen molar-refractivity contribution in [2.24, 2.45) is 4.99 Å². The minimum atomic E-state index is 0.0842. The van der Waals surface area contributed by atoms with Crippen LogP contribution in [0.15, 0.2) is 64.4 Å². The fraction of sp³-hybridized carbons (Fsp3) is 0.182. The number of hydrogen-bond acceptors (Lipinski definition) is 3. The Labute approximate surface area is 151 Å². The molecule has 0 atom stereocenters. The molecule has 4 nitrogen and oxygen atoms in total. The topological polar surface area (TPSA) is 54.5 Å². The van der Waals surface area contributed by atoms with Crippen LogP contribution >= 0.6 is 0 Å². The molecule has 0 saturated heterocycles. The summed E-state index contributed by atoms with van der Waals surface area (Å²) in [5, 5.41) is 2.32. The number of nitrogens with zero attached hydrogens (tertiary/aromatic N) is 1. The lowest BCUT2D eigenvalue weighted by Crippen LogP contribution is -2.43. The summed E-state index contributed by atoms with van der Waals surface area (Å²) in [6, 6.07) is 17.4. The summed E-state index contributed by atoms with van der Waals surface area (Å²) in [4.78, 5) is 20.6. The van der Waals surface area contributed by atoms with E-state index in [-0.39, 0.29) is 5.43 Å². The third-order valence-electron chi connectivity index (χ3n) is 4.43. The van der Waals surface area contributed by atoms with Crippen molar-refractivity contribution in [3.63, 3.8) is 0 Å². The van der Waals surface area contributed by atoms with Gasteiger partial charge >= 0.3 is 0 Å².